The molecule has 0 aliphatic rings. The van der Waals surface area contributed by atoms with Crippen LogP contribution in [-0.4, -0.2) is 15.0 Å². The van der Waals surface area contributed by atoms with Crippen LogP contribution < -0.4 is 10.6 Å². The Balaban J connectivity index is 1.26. The molecule has 0 saturated carbocycles. The Labute approximate surface area is 200 Å². The van der Waals surface area contributed by atoms with E-state index in [9.17, 15) is 5.26 Å². The maximum absolute atomic E-state index is 9.26. The highest BCUT2D eigenvalue weighted by Gasteiger charge is 2.10. The largest absolute Gasteiger partial charge is 0.436 e. The molecule has 6 rings (SSSR count). The van der Waals surface area contributed by atoms with Crippen molar-refractivity contribution in [1.29, 1.82) is 5.26 Å². The zero-order valence-electron chi connectivity index (χ0n) is 18.4. The number of anilines is 4. The topological polar surface area (TPSA) is 99.7 Å². The van der Waals surface area contributed by atoms with Crippen molar-refractivity contribution in [3.63, 3.8) is 0 Å². The van der Waals surface area contributed by atoms with E-state index in [0.29, 0.717) is 17.0 Å². The van der Waals surface area contributed by atoms with E-state index in [1.54, 1.807) is 24.7 Å². The molecule has 0 saturated heterocycles. The smallest absolute Gasteiger partial charge is 0.227 e. The zero-order chi connectivity index (χ0) is 23.6. The van der Waals surface area contributed by atoms with Gasteiger partial charge in [0.05, 0.1) is 17.1 Å². The molecule has 7 nitrogen and oxygen atoms in total. The third-order valence-corrected chi connectivity index (χ3v) is 5.64. The second-order valence-corrected chi connectivity index (χ2v) is 7.97. The van der Waals surface area contributed by atoms with Gasteiger partial charge in [-0.15, -0.1) is 0 Å². The first-order valence-corrected chi connectivity index (χ1v) is 11.0. The van der Waals surface area contributed by atoms with E-state index < -0.39 is 0 Å². The van der Waals surface area contributed by atoms with Gasteiger partial charge in [-0.2, -0.15) is 5.26 Å². The van der Waals surface area contributed by atoms with E-state index >= 15 is 0 Å². The lowest BCUT2D eigenvalue weighted by Crippen LogP contribution is -1.93. The fraction of sp³-hybridized carbons (Fsp3) is 0. The van der Waals surface area contributed by atoms with Crippen LogP contribution in [0.4, 0.5) is 22.7 Å². The highest BCUT2D eigenvalue weighted by molar-refractivity contribution is 5.94. The Morgan fingerprint density at radius 2 is 1.51 bits per heavy atom. The fourth-order valence-corrected chi connectivity index (χ4v) is 3.91. The van der Waals surface area contributed by atoms with Gasteiger partial charge in [-0.1, -0.05) is 0 Å². The molecule has 0 fully saturated rings. The summed E-state index contributed by atoms with van der Waals surface area (Å²) >= 11 is 0. The van der Waals surface area contributed by atoms with Crippen LogP contribution in [0.5, 0.6) is 0 Å². The van der Waals surface area contributed by atoms with Crippen LogP contribution in [-0.2, 0) is 0 Å². The molecule has 35 heavy (non-hydrogen) atoms. The lowest BCUT2D eigenvalue weighted by Gasteiger charge is -2.09. The van der Waals surface area contributed by atoms with Gasteiger partial charge in [-0.05, 0) is 78.9 Å². The van der Waals surface area contributed by atoms with Crippen molar-refractivity contribution in [2.45, 2.75) is 0 Å². The van der Waals surface area contributed by atoms with E-state index in [1.165, 1.54) is 0 Å². The maximum Gasteiger partial charge on any atom is 0.227 e. The average Bonchev–Trinajstić information content (AvgIpc) is 3.33. The SMILES string of the molecule is N#Cc1ccc2nccc(Nc3ccc4oc(-c5ccc(Nc6ccncc6)cc5)nc4c3)c2c1. The zero-order valence-corrected chi connectivity index (χ0v) is 18.4. The molecule has 3 aromatic heterocycles. The van der Waals surface area contributed by atoms with Crippen molar-refractivity contribution in [2.75, 3.05) is 10.6 Å². The van der Waals surface area contributed by atoms with Crippen LogP contribution >= 0.6 is 0 Å². The number of hydrogen-bond donors (Lipinski definition) is 2. The minimum absolute atomic E-state index is 0.556. The minimum Gasteiger partial charge on any atom is -0.436 e. The summed E-state index contributed by atoms with van der Waals surface area (Å²) in [6.07, 6.45) is 5.24. The Hall–Kier alpha value is -5.22. The molecule has 0 aliphatic heterocycles. The molecular weight excluding hydrogens is 436 g/mol. The van der Waals surface area contributed by atoms with Gasteiger partial charge in [0.25, 0.3) is 0 Å². The molecule has 0 radical (unpaired) electrons. The van der Waals surface area contributed by atoms with Crippen molar-refractivity contribution in [1.82, 2.24) is 15.0 Å². The number of aromatic nitrogens is 3. The van der Waals surface area contributed by atoms with Gasteiger partial charge in [-0.3, -0.25) is 9.97 Å². The molecule has 3 aromatic carbocycles. The number of nitriles is 1. The van der Waals surface area contributed by atoms with Crippen LogP contribution in [0.1, 0.15) is 5.56 Å². The molecular formula is C28H18N6O. The number of hydrogen-bond acceptors (Lipinski definition) is 7. The number of oxazole rings is 1. The quantitative estimate of drug-likeness (QED) is 0.295. The van der Waals surface area contributed by atoms with Gasteiger partial charge < -0.3 is 15.1 Å². The summed E-state index contributed by atoms with van der Waals surface area (Å²) in [5.74, 6) is 0.556. The lowest BCUT2D eigenvalue weighted by molar-refractivity contribution is 0.620. The molecule has 166 valence electrons. The molecule has 3 heterocycles. The molecule has 0 unspecified atom stereocenters. The van der Waals surface area contributed by atoms with E-state index in [0.717, 1.165) is 44.7 Å². The molecule has 0 atom stereocenters. The predicted octanol–water partition coefficient (Wildman–Crippen LogP) is 6.80. The molecule has 0 spiro atoms. The third-order valence-electron chi connectivity index (χ3n) is 5.64. The number of pyridine rings is 2. The molecule has 0 aliphatic carbocycles. The third kappa shape index (κ3) is 4.12. The van der Waals surface area contributed by atoms with Crippen LogP contribution in [0, 0.1) is 11.3 Å². The predicted molar refractivity (Wildman–Crippen MR) is 137 cm³/mol. The summed E-state index contributed by atoms with van der Waals surface area (Å²) in [5, 5.41) is 16.9. The van der Waals surface area contributed by atoms with Crippen molar-refractivity contribution < 1.29 is 4.42 Å². The molecule has 2 N–H and O–H groups in total. The highest BCUT2D eigenvalue weighted by Crippen LogP contribution is 2.30. The molecule has 7 heteroatoms. The first kappa shape index (κ1) is 20.4. The monoisotopic (exact) mass is 454 g/mol. The Bertz CT molecular complexity index is 1700. The second-order valence-electron chi connectivity index (χ2n) is 7.97. The highest BCUT2D eigenvalue weighted by atomic mass is 16.3. The number of nitrogens with one attached hydrogen (secondary N) is 2. The molecule has 0 amide bonds. The van der Waals surface area contributed by atoms with E-state index in [1.807, 2.05) is 72.8 Å². The summed E-state index contributed by atoms with van der Waals surface area (Å²) in [5.41, 5.74) is 7.42. The maximum atomic E-state index is 9.26. The van der Waals surface area contributed by atoms with E-state index in [-0.39, 0.29) is 0 Å². The second kappa shape index (κ2) is 8.61. The summed E-state index contributed by atoms with van der Waals surface area (Å²) in [6.45, 7) is 0. The first-order chi connectivity index (χ1) is 17.2. The number of fused-ring (bicyclic) bond motifs is 2. The Morgan fingerprint density at radius 3 is 2.34 bits per heavy atom. The summed E-state index contributed by atoms with van der Waals surface area (Å²) < 4.78 is 6.00. The number of rotatable bonds is 5. The average molecular weight is 454 g/mol. The first-order valence-electron chi connectivity index (χ1n) is 11.0. The number of nitrogens with zero attached hydrogens (tertiary/aromatic N) is 4. The standard InChI is InChI=1S/C28H18N6O/c29-17-18-1-7-24-23(15-18)25(11-14-31-24)33-22-6-8-27-26(16-22)34-28(35-27)19-2-4-20(5-3-19)32-21-9-12-30-13-10-21/h1-16H,(H,30,32)(H,31,33). The van der Waals surface area contributed by atoms with Crippen LogP contribution in [0.3, 0.4) is 0 Å². The normalized spacial score (nSPS) is 10.8. The van der Waals surface area contributed by atoms with Crippen LogP contribution in [0.25, 0.3) is 33.5 Å². The van der Waals surface area contributed by atoms with Gasteiger partial charge in [0, 0.05) is 52.3 Å². The molecule has 6 aromatic rings. The summed E-state index contributed by atoms with van der Waals surface area (Å²) in [7, 11) is 0. The van der Waals surface area contributed by atoms with Crippen LogP contribution in [0.2, 0.25) is 0 Å². The van der Waals surface area contributed by atoms with Crippen molar-refractivity contribution in [3.8, 4) is 17.5 Å². The van der Waals surface area contributed by atoms with E-state index in [4.69, 9.17) is 9.40 Å². The van der Waals surface area contributed by atoms with Crippen molar-refractivity contribution >= 4 is 44.8 Å². The van der Waals surface area contributed by atoms with Gasteiger partial charge in [0.2, 0.25) is 5.89 Å². The number of benzene rings is 3. The van der Waals surface area contributed by atoms with Gasteiger partial charge in [0.15, 0.2) is 5.58 Å². The Morgan fingerprint density at radius 1 is 0.714 bits per heavy atom. The molecule has 0 bridgehead atoms. The van der Waals surface area contributed by atoms with Crippen molar-refractivity contribution in [2.24, 2.45) is 0 Å². The van der Waals surface area contributed by atoms with Gasteiger partial charge in [-0.25, -0.2) is 4.98 Å². The lowest BCUT2D eigenvalue weighted by atomic mass is 10.1. The summed E-state index contributed by atoms with van der Waals surface area (Å²) in [6, 6.07) is 27.1. The van der Waals surface area contributed by atoms with Gasteiger partial charge >= 0.3 is 0 Å². The van der Waals surface area contributed by atoms with Gasteiger partial charge in [0.1, 0.15) is 5.52 Å². The minimum atomic E-state index is 0.556. The van der Waals surface area contributed by atoms with E-state index in [2.05, 4.69) is 26.7 Å². The van der Waals surface area contributed by atoms with Crippen LogP contribution in [0.15, 0.2) is 102 Å². The summed E-state index contributed by atoms with van der Waals surface area (Å²) in [4.78, 5) is 13.1. The fourth-order valence-electron chi connectivity index (χ4n) is 3.91. The van der Waals surface area contributed by atoms with Crippen molar-refractivity contribution in [3.05, 3.63) is 103 Å². The Kier molecular flexibility index (Phi) is 5.02.